The van der Waals surface area contributed by atoms with Crippen molar-refractivity contribution in [1.29, 1.82) is 0 Å². The maximum Gasteiger partial charge on any atom is 0.161 e. The first-order chi connectivity index (χ1) is 10.3. The molecule has 0 saturated heterocycles. The first-order valence-electron chi connectivity index (χ1n) is 6.79. The largest absolute Gasteiger partial charge is 0.486 e. The number of rotatable bonds is 4. The number of aliphatic hydroxyl groups excluding tert-OH is 1. The molecule has 0 saturated carbocycles. The molecule has 5 heteroatoms. The van der Waals surface area contributed by atoms with E-state index < -0.39 is 0 Å². The summed E-state index contributed by atoms with van der Waals surface area (Å²) in [4.78, 5) is 0. The Morgan fingerprint density at radius 1 is 1.10 bits per heavy atom. The summed E-state index contributed by atoms with van der Waals surface area (Å²) in [5, 5.41) is 13.0. The first-order valence-corrected chi connectivity index (χ1v) is 7.58. The zero-order valence-electron chi connectivity index (χ0n) is 11.4. The molecule has 1 aliphatic heterocycles. The van der Waals surface area contributed by atoms with Gasteiger partial charge in [0.1, 0.15) is 13.2 Å². The Balaban J connectivity index is 1.85. The lowest BCUT2D eigenvalue weighted by molar-refractivity contribution is 0.171. The summed E-state index contributed by atoms with van der Waals surface area (Å²) >= 11 is 3.50. The Bertz CT molecular complexity index is 633. The van der Waals surface area contributed by atoms with Crippen LogP contribution in [0.5, 0.6) is 11.5 Å². The Labute approximate surface area is 131 Å². The highest BCUT2D eigenvalue weighted by Gasteiger charge is 2.17. The van der Waals surface area contributed by atoms with Crippen molar-refractivity contribution in [3.63, 3.8) is 0 Å². The van der Waals surface area contributed by atoms with Gasteiger partial charge >= 0.3 is 0 Å². The fourth-order valence-electron chi connectivity index (χ4n) is 2.28. The van der Waals surface area contributed by atoms with Gasteiger partial charge < -0.3 is 19.9 Å². The number of benzene rings is 2. The second-order valence-corrected chi connectivity index (χ2v) is 5.62. The molecule has 0 amide bonds. The van der Waals surface area contributed by atoms with Crippen LogP contribution in [0.3, 0.4) is 0 Å². The molecule has 3 rings (SSSR count). The van der Waals surface area contributed by atoms with E-state index >= 15 is 0 Å². The molecule has 2 N–H and O–H groups in total. The lowest BCUT2D eigenvalue weighted by Gasteiger charge is -2.23. The minimum Gasteiger partial charge on any atom is -0.486 e. The van der Waals surface area contributed by atoms with Crippen LogP contribution in [0, 0.1) is 0 Å². The van der Waals surface area contributed by atoms with E-state index in [0.29, 0.717) is 13.2 Å². The molecule has 1 atom stereocenters. The number of ether oxygens (including phenoxy) is 2. The van der Waals surface area contributed by atoms with Crippen molar-refractivity contribution in [2.75, 3.05) is 25.1 Å². The van der Waals surface area contributed by atoms with E-state index in [4.69, 9.17) is 9.47 Å². The summed E-state index contributed by atoms with van der Waals surface area (Å²) in [6.45, 7) is 1.11. The second-order valence-electron chi connectivity index (χ2n) is 4.76. The molecule has 1 aliphatic rings. The van der Waals surface area contributed by atoms with Crippen molar-refractivity contribution in [3.8, 4) is 11.5 Å². The van der Waals surface area contributed by atoms with Gasteiger partial charge in [0, 0.05) is 10.2 Å². The van der Waals surface area contributed by atoms with Crippen molar-refractivity contribution in [2.24, 2.45) is 0 Å². The summed E-state index contributed by atoms with van der Waals surface area (Å²) in [7, 11) is 0. The molecular formula is C16H16BrNO3. The molecule has 0 radical (unpaired) electrons. The van der Waals surface area contributed by atoms with Gasteiger partial charge in [0.05, 0.1) is 12.6 Å². The summed E-state index contributed by atoms with van der Waals surface area (Å²) in [6, 6.07) is 13.4. The summed E-state index contributed by atoms with van der Waals surface area (Å²) in [5.74, 6) is 1.48. The van der Waals surface area contributed by atoms with Gasteiger partial charge in [-0.05, 0) is 45.8 Å². The van der Waals surface area contributed by atoms with Crippen LogP contribution in [0.15, 0.2) is 46.9 Å². The van der Waals surface area contributed by atoms with Gasteiger partial charge in [-0.15, -0.1) is 0 Å². The number of aliphatic hydroxyl groups is 1. The number of hydrogen-bond donors (Lipinski definition) is 2. The van der Waals surface area contributed by atoms with Gasteiger partial charge in [-0.1, -0.05) is 18.2 Å². The topological polar surface area (TPSA) is 50.7 Å². The van der Waals surface area contributed by atoms with Crippen molar-refractivity contribution in [3.05, 3.63) is 52.5 Å². The number of fused-ring (bicyclic) bond motifs is 1. The fourth-order valence-corrected chi connectivity index (χ4v) is 2.68. The smallest absolute Gasteiger partial charge is 0.161 e. The molecule has 110 valence electrons. The van der Waals surface area contributed by atoms with Gasteiger partial charge in [-0.25, -0.2) is 0 Å². The van der Waals surface area contributed by atoms with E-state index in [1.807, 2.05) is 42.5 Å². The minimum absolute atomic E-state index is 0.0129. The molecule has 21 heavy (non-hydrogen) atoms. The molecule has 2 aromatic rings. The molecule has 4 nitrogen and oxygen atoms in total. The van der Waals surface area contributed by atoms with Gasteiger partial charge in [-0.3, -0.25) is 0 Å². The van der Waals surface area contributed by atoms with E-state index in [0.717, 1.165) is 27.2 Å². The minimum atomic E-state index is -0.209. The van der Waals surface area contributed by atoms with Crippen molar-refractivity contribution in [1.82, 2.24) is 0 Å². The number of halogens is 1. The van der Waals surface area contributed by atoms with E-state index in [9.17, 15) is 5.11 Å². The normalized spacial score (nSPS) is 14.6. The molecule has 2 aromatic carbocycles. The van der Waals surface area contributed by atoms with Crippen LogP contribution >= 0.6 is 15.9 Å². The van der Waals surface area contributed by atoms with Crippen LogP contribution < -0.4 is 14.8 Å². The molecule has 0 aliphatic carbocycles. The quantitative estimate of drug-likeness (QED) is 0.888. The lowest BCUT2D eigenvalue weighted by atomic mass is 10.1. The van der Waals surface area contributed by atoms with Crippen LogP contribution in [-0.4, -0.2) is 24.9 Å². The van der Waals surface area contributed by atoms with E-state index in [1.54, 1.807) is 0 Å². The predicted molar refractivity (Wildman–Crippen MR) is 85.0 cm³/mol. The third-order valence-corrected chi connectivity index (χ3v) is 4.05. The molecule has 0 aromatic heterocycles. The van der Waals surface area contributed by atoms with Crippen molar-refractivity contribution in [2.45, 2.75) is 6.04 Å². The van der Waals surface area contributed by atoms with Gasteiger partial charge in [-0.2, -0.15) is 0 Å². The number of nitrogens with one attached hydrogen (secondary N) is 1. The number of anilines is 1. The van der Waals surface area contributed by atoms with Crippen molar-refractivity contribution >= 4 is 21.6 Å². The Kier molecular flexibility index (Phi) is 4.31. The highest BCUT2D eigenvalue weighted by Crippen LogP contribution is 2.34. The van der Waals surface area contributed by atoms with Crippen LogP contribution in [0.4, 0.5) is 5.69 Å². The molecule has 0 bridgehead atoms. The summed E-state index contributed by atoms with van der Waals surface area (Å²) in [6.07, 6.45) is 0. The predicted octanol–water partition coefficient (Wildman–Crippen LogP) is 3.37. The standard InChI is InChI=1S/C16H16BrNO3/c17-12-3-1-2-4-13(12)18-14(10-19)11-5-6-15-16(9-11)21-8-7-20-15/h1-6,9,14,18-19H,7-8,10H2. The highest BCUT2D eigenvalue weighted by atomic mass is 79.9. The van der Waals surface area contributed by atoms with Crippen molar-refractivity contribution < 1.29 is 14.6 Å². The molecule has 1 unspecified atom stereocenters. The van der Waals surface area contributed by atoms with E-state index in [-0.39, 0.29) is 12.6 Å². The number of hydrogen-bond acceptors (Lipinski definition) is 4. The SMILES string of the molecule is OCC(Nc1ccccc1Br)c1ccc2c(c1)OCCO2. The first kappa shape index (κ1) is 14.2. The fraction of sp³-hybridized carbons (Fsp3) is 0.250. The van der Waals surface area contributed by atoms with Crippen LogP contribution in [0.2, 0.25) is 0 Å². The Hall–Kier alpha value is -1.72. The monoisotopic (exact) mass is 349 g/mol. The number of para-hydroxylation sites is 1. The highest BCUT2D eigenvalue weighted by molar-refractivity contribution is 9.10. The Morgan fingerprint density at radius 3 is 2.62 bits per heavy atom. The van der Waals surface area contributed by atoms with Gasteiger partial charge in [0.2, 0.25) is 0 Å². The van der Waals surface area contributed by atoms with Crippen LogP contribution in [0.1, 0.15) is 11.6 Å². The molecule has 0 spiro atoms. The average Bonchev–Trinajstić information content (AvgIpc) is 2.54. The van der Waals surface area contributed by atoms with Crippen LogP contribution in [-0.2, 0) is 0 Å². The van der Waals surface area contributed by atoms with Gasteiger partial charge in [0.25, 0.3) is 0 Å². The van der Waals surface area contributed by atoms with E-state index in [1.165, 1.54) is 0 Å². The molecular weight excluding hydrogens is 334 g/mol. The lowest BCUT2D eigenvalue weighted by Crippen LogP contribution is -2.18. The zero-order valence-corrected chi connectivity index (χ0v) is 13.0. The zero-order chi connectivity index (χ0) is 14.7. The van der Waals surface area contributed by atoms with Crippen LogP contribution in [0.25, 0.3) is 0 Å². The summed E-state index contributed by atoms with van der Waals surface area (Å²) < 4.78 is 12.1. The summed E-state index contributed by atoms with van der Waals surface area (Å²) in [5.41, 5.74) is 1.89. The maximum atomic E-state index is 9.69. The maximum absolute atomic E-state index is 9.69. The second kappa shape index (κ2) is 6.37. The molecule has 1 heterocycles. The third kappa shape index (κ3) is 3.14. The van der Waals surface area contributed by atoms with Gasteiger partial charge in [0.15, 0.2) is 11.5 Å². The third-order valence-electron chi connectivity index (χ3n) is 3.35. The Morgan fingerprint density at radius 2 is 1.86 bits per heavy atom. The molecule has 0 fully saturated rings. The average molecular weight is 350 g/mol. The van der Waals surface area contributed by atoms with E-state index in [2.05, 4.69) is 21.2 Å².